The Morgan fingerprint density at radius 2 is 2.17 bits per heavy atom. The first kappa shape index (κ1) is 8.11. The summed E-state index contributed by atoms with van der Waals surface area (Å²) in [6.45, 7) is 7.41. The second-order valence-corrected chi connectivity index (χ2v) is 4.41. The molecule has 1 unspecified atom stereocenters. The maximum atomic E-state index is 5.86. The van der Waals surface area contributed by atoms with Crippen molar-refractivity contribution in [3.05, 3.63) is 12.3 Å². The molecule has 2 heteroatoms. The molecule has 0 amide bonds. The van der Waals surface area contributed by atoms with Crippen LogP contribution in [0.3, 0.4) is 0 Å². The van der Waals surface area contributed by atoms with Crippen LogP contribution >= 0.6 is 0 Å². The predicted molar refractivity (Wildman–Crippen MR) is 50.6 cm³/mol. The summed E-state index contributed by atoms with van der Waals surface area (Å²) >= 11 is 0. The zero-order chi connectivity index (χ0) is 8.72. The normalized spacial score (nSPS) is 41.7. The van der Waals surface area contributed by atoms with Gasteiger partial charge in [-0.2, -0.15) is 0 Å². The van der Waals surface area contributed by atoms with Gasteiger partial charge in [0.05, 0.1) is 0 Å². The van der Waals surface area contributed by atoms with Crippen molar-refractivity contribution in [1.29, 1.82) is 0 Å². The highest BCUT2D eigenvalue weighted by molar-refractivity contribution is 5.08. The van der Waals surface area contributed by atoms with E-state index < -0.39 is 0 Å². The molecule has 1 aliphatic carbocycles. The largest absolute Gasteiger partial charge is 0.371 e. The summed E-state index contributed by atoms with van der Waals surface area (Å²) in [4.78, 5) is 2.42. The summed E-state index contributed by atoms with van der Waals surface area (Å²) < 4.78 is 0. The van der Waals surface area contributed by atoms with Crippen LogP contribution in [0.15, 0.2) is 12.3 Å². The second-order valence-electron chi connectivity index (χ2n) is 4.41. The van der Waals surface area contributed by atoms with Gasteiger partial charge in [0.1, 0.15) is 0 Å². The van der Waals surface area contributed by atoms with Crippen LogP contribution in [0.2, 0.25) is 0 Å². The summed E-state index contributed by atoms with van der Waals surface area (Å²) in [5.74, 6) is 0.916. The number of nitrogens with zero attached hydrogens (tertiary/aromatic N) is 1. The van der Waals surface area contributed by atoms with Crippen LogP contribution in [-0.2, 0) is 0 Å². The van der Waals surface area contributed by atoms with Crippen molar-refractivity contribution >= 4 is 0 Å². The lowest BCUT2D eigenvalue weighted by atomic mass is 9.81. The van der Waals surface area contributed by atoms with Crippen molar-refractivity contribution < 1.29 is 0 Å². The SMILES string of the molecule is C=C1CC(N)CN1C1CC(C)C1. The van der Waals surface area contributed by atoms with E-state index in [1.807, 2.05) is 0 Å². The first-order valence-corrected chi connectivity index (χ1v) is 4.87. The zero-order valence-corrected chi connectivity index (χ0v) is 7.79. The van der Waals surface area contributed by atoms with E-state index in [1.165, 1.54) is 18.5 Å². The standard InChI is InChI=1S/C10H18N2/c1-7-3-10(4-7)12-6-9(11)5-8(12)2/h7,9-10H,2-6,11H2,1H3. The zero-order valence-electron chi connectivity index (χ0n) is 7.79. The average Bonchev–Trinajstić information content (AvgIpc) is 2.23. The average molecular weight is 166 g/mol. The Labute approximate surface area is 74.4 Å². The molecule has 1 saturated heterocycles. The van der Waals surface area contributed by atoms with Gasteiger partial charge in [-0.25, -0.2) is 0 Å². The fourth-order valence-electron chi connectivity index (χ4n) is 2.39. The van der Waals surface area contributed by atoms with Gasteiger partial charge in [-0.3, -0.25) is 0 Å². The lowest BCUT2D eigenvalue weighted by molar-refractivity contribution is 0.131. The Morgan fingerprint density at radius 1 is 1.50 bits per heavy atom. The molecular weight excluding hydrogens is 148 g/mol. The summed E-state index contributed by atoms with van der Waals surface area (Å²) in [7, 11) is 0. The molecule has 0 bridgehead atoms. The van der Waals surface area contributed by atoms with Gasteiger partial charge in [-0.1, -0.05) is 13.5 Å². The lowest BCUT2D eigenvalue weighted by Crippen LogP contribution is -2.42. The van der Waals surface area contributed by atoms with Crippen molar-refractivity contribution in [3.8, 4) is 0 Å². The van der Waals surface area contributed by atoms with Crippen LogP contribution in [0, 0.1) is 5.92 Å². The van der Waals surface area contributed by atoms with Gasteiger partial charge in [0.25, 0.3) is 0 Å². The second kappa shape index (κ2) is 2.77. The topological polar surface area (TPSA) is 29.3 Å². The first-order chi connectivity index (χ1) is 5.66. The van der Waals surface area contributed by atoms with Crippen LogP contribution in [-0.4, -0.2) is 23.5 Å². The Bertz CT molecular complexity index is 194. The third-order valence-corrected chi connectivity index (χ3v) is 3.12. The molecule has 2 rings (SSSR count). The van der Waals surface area contributed by atoms with E-state index in [0.29, 0.717) is 6.04 Å². The number of nitrogens with two attached hydrogens (primary N) is 1. The molecule has 1 atom stereocenters. The van der Waals surface area contributed by atoms with Crippen LogP contribution in [0.5, 0.6) is 0 Å². The predicted octanol–water partition coefficient (Wildman–Crippen LogP) is 1.33. The molecule has 0 aromatic rings. The van der Waals surface area contributed by atoms with Gasteiger partial charge in [-0.05, 0) is 18.8 Å². The highest BCUT2D eigenvalue weighted by Gasteiger charge is 2.35. The van der Waals surface area contributed by atoms with Crippen LogP contribution in [0.1, 0.15) is 26.2 Å². The van der Waals surface area contributed by atoms with Crippen LogP contribution < -0.4 is 5.73 Å². The minimum atomic E-state index is 0.341. The fraction of sp³-hybridized carbons (Fsp3) is 0.800. The van der Waals surface area contributed by atoms with Crippen molar-refractivity contribution in [3.63, 3.8) is 0 Å². The molecule has 2 N–H and O–H groups in total. The molecule has 1 saturated carbocycles. The van der Waals surface area contributed by atoms with Crippen molar-refractivity contribution in [1.82, 2.24) is 4.90 Å². The molecular formula is C10H18N2. The number of hydrogen-bond acceptors (Lipinski definition) is 2. The summed E-state index contributed by atoms with van der Waals surface area (Å²) in [5, 5.41) is 0. The summed E-state index contributed by atoms with van der Waals surface area (Å²) in [6, 6.07) is 1.11. The monoisotopic (exact) mass is 166 g/mol. The molecule has 0 aromatic carbocycles. The Morgan fingerprint density at radius 3 is 2.58 bits per heavy atom. The fourth-order valence-corrected chi connectivity index (χ4v) is 2.39. The smallest absolute Gasteiger partial charge is 0.0333 e. The molecule has 1 aliphatic heterocycles. The summed E-state index contributed by atoms with van der Waals surface area (Å²) in [5.41, 5.74) is 7.13. The molecule has 0 radical (unpaired) electrons. The first-order valence-electron chi connectivity index (χ1n) is 4.87. The molecule has 0 spiro atoms. The number of rotatable bonds is 1. The Kier molecular flexibility index (Phi) is 1.87. The van der Waals surface area contributed by atoms with E-state index in [9.17, 15) is 0 Å². The quantitative estimate of drug-likeness (QED) is 0.637. The molecule has 2 fully saturated rings. The van der Waals surface area contributed by atoms with E-state index in [4.69, 9.17) is 5.73 Å². The molecule has 0 aromatic heterocycles. The van der Waals surface area contributed by atoms with Gasteiger partial charge in [0, 0.05) is 30.7 Å². The van der Waals surface area contributed by atoms with Crippen molar-refractivity contribution in [2.45, 2.75) is 38.3 Å². The lowest BCUT2D eigenvalue weighted by Gasteiger charge is -2.41. The molecule has 2 nitrogen and oxygen atoms in total. The van der Waals surface area contributed by atoms with E-state index in [1.54, 1.807) is 0 Å². The van der Waals surface area contributed by atoms with Gasteiger partial charge < -0.3 is 10.6 Å². The van der Waals surface area contributed by atoms with E-state index in [2.05, 4.69) is 18.4 Å². The maximum absolute atomic E-state index is 5.86. The highest BCUT2D eigenvalue weighted by Crippen LogP contribution is 2.35. The van der Waals surface area contributed by atoms with Crippen molar-refractivity contribution in [2.24, 2.45) is 11.7 Å². The van der Waals surface area contributed by atoms with E-state index in [-0.39, 0.29) is 0 Å². The Balaban J connectivity index is 1.92. The highest BCUT2D eigenvalue weighted by atomic mass is 15.2. The number of likely N-dealkylation sites (tertiary alicyclic amines) is 1. The Hall–Kier alpha value is -0.500. The third-order valence-electron chi connectivity index (χ3n) is 3.12. The van der Waals surface area contributed by atoms with Gasteiger partial charge in [-0.15, -0.1) is 0 Å². The number of hydrogen-bond donors (Lipinski definition) is 1. The van der Waals surface area contributed by atoms with Crippen molar-refractivity contribution in [2.75, 3.05) is 6.54 Å². The maximum Gasteiger partial charge on any atom is 0.0333 e. The van der Waals surface area contributed by atoms with Crippen LogP contribution in [0.4, 0.5) is 0 Å². The molecule has 1 heterocycles. The summed E-state index contributed by atoms with van der Waals surface area (Å²) in [6.07, 6.45) is 3.68. The molecule has 12 heavy (non-hydrogen) atoms. The van der Waals surface area contributed by atoms with E-state index in [0.717, 1.165) is 24.9 Å². The van der Waals surface area contributed by atoms with Gasteiger partial charge in [0.15, 0.2) is 0 Å². The van der Waals surface area contributed by atoms with Gasteiger partial charge in [0.2, 0.25) is 0 Å². The van der Waals surface area contributed by atoms with Gasteiger partial charge >= 0.3 is 0 Å². The van der Waals surface area contributed by atoms with E-state index >= 15 is 0 Å². The minimum absolute atomic E-state index is 0.341. The minimum Gasteiger partial charge on any atom is -0.371 e. The van der Waals surface area contributed by atoms with Crippen LogP contribution in [0.25, 0.3) is 0 Å². The third kappa shape index (κ3) is 1.24. The molecule has 2 aliphatic rings. The molecule has 68 valence electrons.